The molecular formula is C24H22N2O2S. The zero-order valence-corrected chi connectivity index (χ0v) is 17.8. The summed E-state index contributed by atoms with van der Waals surface area (Å²) in [5.41, 5.74) is 4.56. The monoisotopic (exact) mass is 402 g/mol. The van der Waals surface area contributed by atoms with Crippen molar-refractivity contribution in [2.75, 3.05) is 0 Å². The van der Waals surface area contributed by atoms with Crippen LogP contribution in [0, 0.1) is 27.7 Å². The second kappa shape index (κ2) is 7.41. The molecule has 0 saturated heterocycles. The van der Waals surface area contributed by atoms with E-state index >= 15 is 0 Å². The topological polar surface area (TPSA) is 52.0 Å². The van der Waals surface area contributed by atoms with E-state index in [0.29, 0.717) is 16.8 Å². The summed E-state index contributed by atoms with van der Waals surface area (Å²) in [5, 5.41) is 0.595. The number of carbonyl (C=O) groups excluding carboxylic acids is 1. The number of nitrogens with zero attached hydrogens (tertiary/aromatic N) is 2. The molecule has 0 aliphatic rings. The lowest BCUT2D eigenvalue weighted by Gasteiger charge is -2.11. The van der Waals surface area contributed by atoms with Gasteiger partial charge >= 0.3 is 0 Å². The number of hydrogen-bond donors (Lipinski definition) is 0. The quantitative estimate of drug-likeness (QED) is 0.439. The normalized spacial score (nSPS) is 11.2. The molecule has 4 nitrogen and oxygen atoms in total. The number of Topliss-reactive ketones (excluding diaryl/α,β-unsaturated/α-hetero) is 1. The maximum atomic E-state index is 13.4. The van der Waals surface area contributed by atoms with Crippen LogP contribution in [0.25, 0.3) is 21.3 Å². The summed E-state index contributed by atoms with van der Waals surface area (Å²) in [6.07, 6.45) is 0. The van der Waals surface area contributed by atoms with Gasteiger partial charge in [-0.15, -0.1) is 11.3 Å². The molecule has 5 heteroatoms. The van der Waals surface area contributed by atoms with Gasteiger partial charge in [0.05, 0.1) is 11.9 Å². The third-order valence-electron chi connectivity index (χ3n) is 5.37. The SMILES string of the molecule is Cc1ccc(C(=O)Cn2c(C)nc3sc(C)c(-c4ccccc4)c3c2=O)cc1C. The maximum Gasteiger partial charge on any atom is 0.263 e. The van der Waals surface area contributed by atoms with E-state index in [9.17, 15) is 9.59 Å². The van der Waals surface area contributed by atoms with Crippen molar-refractivity contribution in [2.45, 2.75) is 34.2 Å². The van der Waals surface area contributed by atoms with Crippen molar-refractivity contribution in [3.8, 4) is 11.1 Å². The first kappa shape index (κ1) is 19.3. The number of aryl methyl sites for hydroxylation is 4. The molecule has 0 amide bonds. The molecule has 0 spiro atoms. The van der Waals surface area contributed by atoms with Crippen molar-refractivity contribution in [3.63, 3.8) is 0 Å². The van der Waals surface area contributed by atoms with Gasteiger partial charge in [-0.05, 0) is 50.5 Å². The fourth-order valence-corrected chi connectivity index (χ4v) is 4.67. The van der Waals surface area contributed by atoms with E-state index < -0.39 is 0 Å². The summed E-state index contributed by atoms with van der Waals surface area (Å²) >= 11 is 1.52. The second-order valence-corrected chi connectivity index (χ2v) is 8.56. The molecule has 146 valence electrons. The highest BCUT2D eigenvalue weighted by atomic mass is 32.1. The Morgan fingerprint density at radius 2 is 1.72 bits per heavy atom. The van der Waals surface area contributed by atoms with Crippen LogP contribution >= 0.6 is 11.3 Å². The smallest absolute Gasteiger partial charge is 0.263 e. The molecule has 2 aromatic carbocycles. The summed E-state index contributed by atoms with van der Waals surface area (Å²) < 4.78 is 1.50. The largest absolute Gasteiger partial charge is 0.292 e. The van der Waals surface area contributed by atoms with Crippen LogP contribution in [0.5, 0.6) is 0 Å². The molecule has 0 atom stereocenters. The summed E-state index contributed by atoms with van der Waals surface area (Å²) in [6, 6.07) is 15.5. The highest BCUT2D eigenvalue weighted by molar-refractivity contribution is 7.19. The Hall–Kier alpha value is -3.05. The Morgan fingerprint density at radius 3 is 2.41 bits per heavy atom. The fraction of sp³-hybridized carbons (Fsp3) is 0.208. The Bertz CT molecular complexity index is 1300. The number of rotatable bonds is 4. The number of aromatic nitrogens is 2. The molecule has 0 aliphatic heterocycles. The van der Waals surface area contributed by atoms with Crippen molar-refractivity contribution < 1.29 is 4.79 Å². The predicted octanol–water partition coefficient (Wildman–Crippen LogP) is 5.24. The van der Waals surface area contributed by atoms with Gasteiger partial charge in [0, 0.05) is 16.0 Å². The van der Waals surface area contributed by atoms with Gasteiger partial charge in [-0.1, -0.05) is 42.5 Å². The van der Waals surface area contributed by atoms with Crippen LogP contribution in [-0.2, 0) is 6.54 Å². The average molecular weight is 403 g/mol. The summed E-state index contributed by atoms with van der Waals surface area (Å²) in [6.45, 7) is 7.77. The van der Waals surface area contributed by atoms with Gasteiger partial charge in [-0.2, -0.15) is 0 Å². The van der Waals surface area contributed by atoms with E-state index in [0.717, 1.165) is 32.0 Å². The van der Waals surface area contributed by atoms with Gasteiger partial charge in [0.2, 0.25) is 0 Å². The Morgan fingerprint density at radius 1 is 1.00 bits per heavy atom. The summed E-state index contributed by atoms with van der Waals surface area (Å²) in [7, 11) is 0. The van der Waals surface area contributed by atoms with Gasteiger partial charge in [-0.3, -0.25) is 14.2 Å². The van der Waals surface area contributed by atoms with Crippen LogP contribution in [0.3, 0.4) is 0 Å². The van der Waals surface area contributed by atoms with Crippen molar-refractivity contribution in [2.24, 2.45) is 0 Å². The molecule has 2 aromatic heterocycles. The predicted molar refractivity (Wildman–Crippen MR) is 119 cm³/mol. The van der Waals surface area contributed by atoms with Gasteiger partial charge in [0.25, 0.3) is 5.56 Å². The number of thiophene rings is 1. The molecule has 0 bridgehead atoms. The molecular weight excluding hydrogens is 380 g/mol. The second-order valence-electron chi connectivity index (χ2n) is 7.35. The molecule has 0 fully saturated rings. The van der Waals surface area contributed by atoms with Gasteiger partial charge in [0.1, 0.15) is 10.7 Å². The Kier molecular flexibility index (Phi) is 4.92. The van der Waals surface area contributed by atoms with E-state index in [1.165, 1.54) is 15.9 Å². The molecule has 0 aliphatic carbocycles. The van der Waals surface area contributed by atoms with Crippen LogP contribution in [-0.4, -0.2) is 15.3 Å². The van der Waals surface area contributed by atoms with E-state index in [4.69, 9.17) is 0 Å². The fourth-order valence-electron chi connectivity index (χ4n) is 3.58. The minimum absolute atomic E-state index is 0.0147. The molecule has 0 radical (unpaired) electrons. The molecule has 2 heterocycles. The van der Waals surface area contributed by atoms with Crippen LogP contribution in [0.15, 0.2) is 53.3 Å². The van der Waals surface area contributed by atoms with Crippen molar-refractivity contribution >= 4 is 27.3 Å². The molecule has 4 rings (SSSR count). The number of ketones is 1. The molecule has 29 heavy (non-hydrogen) atoms. The summed E-state index contributed by atoms with van der Waals surface area (Å²) in [5.74, 6) is 0.466. The minimum Gasteiger partial charge on any atom is -0.292 e. The molecule has 4 aromatic rings. The standard InChI is InChI=1S/C24H22N2O2S/c1-14-10-11-19(12-15(14)2)20(27)13-26-17(4)25-23-22(24(26)28)21(16(3)29-23)18-8-6-5-7-9-18/h5-12H,13H2,1-4H3. The first-order valence-corrected chi connectivity index (χ1v) is 10.3. The number of hydrogen-bond acceptors (Lipinski definition) is 4. The number of benzene rings is 2. The van der Waals surface area contributed by atoms with Crippen LogP contribution in [0.2, 0.25) is 0 Å². The van der Waals surface area contributed by atoms with Crippen LogP contribution in [0.4, 0.5) is 0 Å². The highest BCUT2D eigenvalue weighted by Crippen LogP contribution is 2.35. The molecule has 0 unspecified atom stereocenters. The van der Waals surface area contributed by atoms with Crippen molar-refractivity contribution in [3.05, 3.63) is 86.3 Å². The Balaban J connectivity index is 1.84. The van der Waals surface area contributed by atoms with Gasteiger partial charge in [-0.25, -0.2) is 4.98 Å². The van der Waals surface area contributed by atoms with Crippen LogP contribution < -0.4 is 5.56 Å². The molecule has 0 saturated carbocycles. The maximum absolute atomic E-state index is 13.4. The average Bonchev–Trinajstić information content (AvgIpc) is 3.03. The minimum atomic E-state index is -0.159. The zero-order chi connectivity index (χ0) is 20.7. The summed E-state index contributed by atoms with van der Waals surface area (Å²) in [4.78, 5) is 32.7. The first-order valence-electron chi connectivity index (χ1n) is 9.53. The van der Waals surface area contributed by atoms with Crippen LogP contribution in [0.1, 0.15) is 32.2 Å². The molecule has 0 N–H and O–H groups in total. The van der Waals surface area contributed by atoms with Gasteiger partial charge < -0.3 is 0 Å². The first-order chi connectivity index (χ1) is 13.9. The lowest BCUT2D eigenvalue weighted by molar-refractivity contribution is 0.0969. The third kappa shape index (κ3) is 3.42. The van der Waals surface area contributed by atoms with E-state index in [1.54, 1.807) is 6.92 Å². The highest BCUT2D eigenvalue weighted by Gasteiger charge is 2.20. The third-order valence-corrected chi connectivity index (χ3v) is 6.37. The lowest BCUT2D eigenvalue weighted by atomic mass is 10.0. The van der Waals surface area contributed by atoms with E-state index in [-0.39, 0.29) is 17.9 Å². The Labute approximate surface area is 173 Å². The number of fused-ring (bicyclic) bond motifs is 1. The zero-order valence-electron chi connectivity index (χ0n) is 16.9. The van der Waals surface area contributed by atoms with E-state index in [1.807, 2.05) is 69.3 Å². The van der Waals surface area contributed by atoms with Gasteiger partial charge in [0.15, 0.2) is 5.78 Å². The van der Waals surface area contributed by atoms with E-state index in [2.05, 4.69) is 4.98 Å². The lowest BCUT2D eigenvalue weighted by Crippen LogP contribution is -2.27. The van der Waals surface area contributed by atoms with Crippen molar-refractivity contribution in [1.29, 1.82) is 0 Å². The van der Waals surface area contributed by atoms with Crippen molar-refractivity contribution in [1.82, 2.24) is 9.55 Å². The number of carbonyl (C=O) groups is 1.